The highest BCUT2D eigenvalue weighted by Crippen LogP contribution is 2.41. The molecule has 0 atom stereocenters. The summed E-state index contributed by atoms with van der Waals surface area (Å²) < 4.78 is 26.6. The molecule has 1 aliphatic rings. The fraction of sp³-hybridized carbons (Fsp3) is 0.250. The fourth-order valence-corrected chi connectivity index (χ4v) is 3.32. The molecular weight excluding hydrogens is 314 g/mol. The molecule has 3 heterocycles. The maximum absolute atomic E-state index is 11.7. The average molecular weight is 324 g/mol. The van der Waals surface area contributed by atoms with E-state index in [2.05, 4.69) is 15.3 Å². The Hall–Kier alpha value is -1.93. The van der Waals surface area contributed by atoms with Crippen LogP contribution in [-0.2, 0) is 9.05 Å². The van der Waals surface area contributed by atoms with Crippen LogP contribution in [-0.4, -0.2) is 32.8 Å². The third-order valence-electron chi connectivity index (χ3n) is 3.46. The predicted octanol–water partition coefficient (Wildman–Crippen LogP) is 1.86. The van der Waals surface area contributed by atoms with E-state index in [-0.39, 0.29) is 11.2 Å². The maximum atomic E-state index is 11.7. The van der Waals surface area contributed by atoms with Gasteiger partial charge in [0.25, 0.3) is 14.2 Å². The number of fused-ring (bicyclic) bond motifs is 1. The second-order valence-electron chi connectivity index (χ2n) is 4.93. The van der Waals surface area contributed by atoms with E-state index >= 15 is 0 Å². The number of rotatable bonds is 3. The summed E-state index contributed by atoms with van der Waals surface area (Å²) in [5.41, 5.74) is 1.58. The molecule has 9 heteroatoms. The van der Waals surface area contributed by atoms with Crippen molar-refractivity contribution in [3.05, 3.63) is 30.6 Å². The number of halogens is 1. The van der Waals surface area contributed by atoms with Crippen molar-refractivity contribution in [2.75, 3.05) is 0 Å². The lowest BCUT2D eigenvalue weighted by Gasteiger charge is -2.06. The monoisotopic (exact) mass is 323 g/mol. The van der Waals surface area contributed by atoms with E-state index in [0.29, 0.717) is 5.82 Å². The number of nitrogens with zero attached hydrogens (tertiary/aromatic N) is 5. The van der Waals surface area contributed by atoms with Gasteiger partial charge in [0, 0.05) is 22.9 Å². The fourth-order valence-electron chi connectivity index (χ4n) is 2.40. The van der Waals surface area contributed by atoms with Crippen molar-refractivity contribution >= 4 is 25.2 Å². The molecular formula is C12H10ClN5O2S. The summed E-state index contributed by atoms with van der Waals surface area (Å²) in [6.07, 6.45) is 5.26. The lowest BCUT2D eigenvalue weighted by molar-refractivity contribution is 0.579. The Morgan fingerprint density at radius 3 is 2.76 bits per heavy atom. The normalized spacial score (nSPS) is 15.7. The molecule has 3 aromatic rings. The highest BCUT2D eigenvalue weighted by atomic mass is 35.7. The first kappa shape index (κ1) is 12.8. The average Bonchev–Trinajstić information content (AvgIpc) is 3.03. The summed E-state index contributed by atoms with van der Waals surface area (Å²) in [6.45, 7) is 0. The van der Waals surface area contributed by atoms with Gasteiger partial charge in [0.05, 0.1) is 17.3 Å². The van der Waals surface area contributed by atoms with E-state index in [1.54, 1.807) is 15.3 Å². The van der Waals surface area contributed by atoms with Crippen molar-refractivity contribution in [2.24, 2.45) is 0 Å². The summed E-state index contributed by atoms with van der Waals surface area (Å²) in [4.78, 5) is 0. The van der Waals surface area contributed by atoms with Gasteiger partial charge in [0.1, 0.15) is 0 Å². The van der Waals surface area contributed by atoms with E-state index in [1.165, 1.54) is 0 Å². The Kier molecular flexibility index (Phi) is 2.61. The van der Waals surface area contributed by atoms with E-state index in [1.807, 2.05) is 24.4 Å². The molecule has 1 saturated carbocycles. The summed E-state index contributed by atoms with van der Waals surface area (Å²) >= 11 is 0. The maximum Gasteiger partial charge on any atom is 0.296 e. The molecule has 1 fully saturated rings. The Labute approximate surface area is 124 Å². The molecule has 0 saturated heterocycles. The smallest absolute Gasteiger partial charge is 0.294 e. The first-order chi connectivity index (χ1) is 10.1. The quantitative estimate of drug-likeness (QED) is 0.687. The largest absolute Gasteiger partial charge is 0.296 e. The van der Waals surface area contributed by atoms with Gasteiger partial charge in [-0.05, 0) is 25.0 Å². The van der Waals surface area contributed by atoms with Crippen LogP contribution in [0.5, 0.6) is 0 Å². The third kappa shape index (κ3) is 2.02. The van der Waals surface area contributed by atoms with Crippen LogP contribution in [0.2, 0.25) is 0 Å². The Morgan fingerprint density at radius 2 is 2.05 bits per heavy atom. The van der Waals surface area contributed by atoms with Gasteiger partial charge in [0.15, 0.2) is 5.82 Å². The minimum Gasteiger partial charge on any atom is -0.294 e. The lowest BCUT2D eigenvalue weighted by Crippen LogP contribution is -2.06. The molecule has 0 radical (unpaired) electrons. The van der Waals surface area contributed by atoms with Crippen molar-refractivity contribution in [1.29, 1.82) is 0 Å². The van der Waals surface area contributed by atoms with Crippen LogP contribution in [0.15, 0.2) is 35.7 Å². The minimum absolute atomic E-state index is 0.0807. The van der Waals surface area contributed by atoms with Gasteiger partial charge in [-0.25, -0.2) is 12.9 Å². The van der Waals surface area contributed by atoms with Crippen molar-refractivity contribution < 1.29 is 8.42 Å². The van der Waals surface area contributed by atoms with E-state index < -0.39 is 9.05 Å². The van der Waals surface area contributed by atoms with E-state index in [4.69, 9.17) is 10.7 Å². The Morgan fingerprint density at radius 1 is 1.24 bits per heavy atom. The lowest BCUT2D eigenvalue weighted by atomic mass is 10.2. The molecule has 1 aliphatic carbocycles. The topological polar surface area (TPSA) is 82.2 Å². The zero-order valence-corrected chi connectivity index (χ0v) is 12.3. The summed E-state index contributed by atoms with van der Waals surface area (Å²) in [5.74, 6) is 0.484. The van der Waals surface area contributed by atoms with Crippen LogP contribution >= 0.6 is 10.7 Å². The number of hydrogen-bond acceptors (Lipinski definition) is 5. The molecule has 4 rings (SSSR count). The second-order valence-corrected chi connectivity index (χ2v) is 7.39. The standard InChI is InChI=1S/C12H10ClN5O2S/c13-21(19,20)12-16-15-11(18(12)8-4-5-8)9-7-14-17-6-2-1-3-10(9)17/h1-3,6-8H,4-5H2. The number of aromatic nitrogens is 5. The first-order valence-electron chi connectivity index (χ1n) is 6.38. The van der Waals surface area contributed by atoms with Crippen molar-refractivity contribution in [1.82, 2.24) is 24.4 Å². The van der Waals surface area contributed by atoms with Crippen LogP contribution in [0.25, 0.3) is 16.9 Å². The van der Waals surface area contributed by atoms with Crippen LogP contribution in [0.3, 0.4) is 0 Å². The molecule has 0 spiro atoms. The molecule has 0 aromatic carbocycles. The Bertz CT molecular complexity index is 942. The second kappa shape index (κ2) is 4.28. The van der Waals surface area contributed by atoms with Gasteiger partial charge in [-0.1, -0.05) is 6.07 Å². The SMILES string of the molecule is O=S(=O)(Cl)c1nnc(-c2cnn3ccccc23)n1C1CC1. The zero-order chi connectivity index (χ0) is 14.6. The molecule has 3 aromatic heterocycles. The number of hydrogen-bond donors (Lipinski definition) is 0. The minimum atomic E-state index is -3.93. The zero-order valence-electron chi connectivity index (χ0n) is 10.7. The highest BCUT2D eigenvalue weighted by molar-refractivity contribution is 8.13. The molecule has 21 heavy (non-hydrogen) atoms. The van der Waals surface area contributed by atoms with Crippen LogP contribution in [0.1, 0.15) is 18.9 Å². The highest BCUT2D eigenvalue weighted by Gasteiger charge is 2.34. The van der Waals surface area contributed by atoms with Crippen LogP contribution in [0.4, 0.5) is 0 Å². The van der Waals surface area contributed by atoms with Crippen LogP contribution in [0, 0.1) is 0 Å². The van der Waals surface area contributed by atoms with Gasteiger partial charge in [-0.2, -0.15) is 5.10 Å². The summed E-state index contributed by atoms with van der Waals surface area (Å²) in [6, 6.07) is 5.72. The van der Waals surface area contributed by atoms with E-state index in [0.717, 1.165) is 23.9 Å². The van der Waals surface area contributed by atoms with Gasteiger partial charge in [0.2, 0.25) is 0 Å². The van der Waals surface area contributed by atoms with Crippen LogP contribution < -0.4 is 0 Å². The Balaban J connectivity index is 1.99. The molecule has 0 unspecified atom stereocenters. The molecule has 0 N–H and O–H groups in total. The van der Waals surface area contributed by atoms with E-state index in [9.17, 15) is 8.42 Å². The summed E-state index contributed by atoms with van der Waals surface area (Å²) in [5, 5.41) is 11.8. The van der Waals surface area contributed by atoms with Crippen molar-refractivity contribution in [3.63, 3.8) is 0 Å². The molecule has 0 bridgehead atoms. The first-order valence-corrected chi connectivity index (χ1v) is 8.69. The number of pyridine rings is 1. The molecule has 0 amide bonds. The van der Waals surface area contributed by atoms with Crippen molar-refractivity contribution in [2.45, 2.75) is 24.0 Å². The molecule has 108 valence electrons. The van der Waals surface area contributed by atoms with Gasteiger partial charge in [-0.3, -0.25) is 4.57 Å². The van der Waals surface area contributed by atoms with Gasteiger partial charge < -0.3 is 0 Å². The molecule has 0 aliphatic heterocycles. The summed E-state index contributed by atoms with van der Waals surface area (Å²) in [7, 11) is 1.53. The predicted molar refractivity (Wildman–Crippen MR) is 75.5 cm³/mol. The van der Waals surface area contributed by atoms with Crippen molar-refractivity contribution in [3.8, 4) is 11.4 Å². The van der Waals surface area contributed by atoms with Gasteiger partial charge >= 0.3 is 0 Å². The van der Waals surface area contributed by atoms with Gasteiger partial charge in [-0.15, -0.1) is 10.2 Å². The third-order valence-corrected chi connectivity index (χ3v) is 4.59. The molecule has 7 nitrogen and oxygen atoms in total.